The van der Waals surface area contributed by atoms with E-state index in [-0.39, 0.29) is 25.0 Å². The molecule has 1 saturated heterocycles. The highest BCUT2D eigenvalue weighted by molar-refractivity contribution is 5.02. The van der Waals surface area contributed by atoms with Crippen LogP contribution in [0.25, 0.3) is 0 Å². The maximum absolute atomic E-state index is 11.9. The standard InChI is InChI=1S/C11H16F3N3O3/c1-15-8-5-19-4-7(8)10-16-9(17-20-10)2-3-18-6-11(12,13)14/h7-8,15H,2-6H2,1H3. The number of hydrogen-bond donors (Lipinski definition) is 1. The third kappa shape index (κ3) is 4.15. The molecule has 2 unspecified atom stereocenters. The molecule has 0 amide bonds. The second-order valence-electron chi connectivity index (χ2n) is 4.51. The molecular weight excluding hydrogens is 279 g/mol. The van der Waals surface area contributed by atoms with Crippen molar-refractivity contribution >= 4 is 0 Å². The van der Waals surface area contributed by atoms with E-state index in [1.165, 1.54) is 0 Å². The maximum atomic E-state index is 11.9. The number of ether oxygens (including phenoxy) is 2. The topological polar surface area (TPSA) is 69.4 Å². The van der Waals surface area contributed by atoms with Gasteiger partial charge in [-0.3, -0.25) is 0 Å². The predicted molar refractivity (Wildman–Crippen MR) is 61.3 cm³/mol. The smallest absolute Gasteiger partial charge is 0.379 e. The molecule has 1 aromatic rings. The second-order valence-corrected chi connectivity index (χ2v) is 4.51. The van der Waals surface area contributed by atoms with Gasteiger partial charge in [-0.15, -0.1) is 0 Å². The van der Waals surface area contributed by atoms with Crippen LogP contribution in [0.3, 0.4) is 0 Å². The molecular formula is C11H16F3N3O3. The van der Waals surface area contributed by atoms with E-state index >= 15 is 0 Å². The third-order valence-electron chi connectivity index (χ3n) is 2.99. The first kappa shape index (κ1) is 15.2. The molecule has 1 N–H and O–H groups in total. The molecule has 1 aliphatic heterocycles. The molecule has 9 heteroatoms. The van der Waals surface area contributed by atoms with Gasteiger partial charge in [-0.25, -0.2) is 0 Å². The average molecular weight is 295 g/mol. The van der Waals surface area contributed by atoms with E-state index in [1.54, 1.807) is 0 Å². The van der Waals surface area contributed by atoms with Crippen molar-refractivity contribution in [3.05, 3.63) is 11.7 Å². The Morgan fingerprint density at radius 3 is 2.90 bits per heavy atom. The summed E-state index contributed by atoms with van der Waals surface area (Å²) in [6.07, 6.45) is -4.14. The molecule has 1 aromatic heterocycles. The molecule has 0 radical (unpaired) electrons. The number of halogens is 3. The molecule has 1 fully saturated rings. The molecule has 0 saturated carbocycles. The van der Waals surface area contributed by atoms with Crippen molar-refractivity contribution in [3.63, 3.8) is 0 Å². The molecule has 0 aromatic carbocycles. The average Bonchev–Trinajstić information content (AvgIpc) is 3.01. The van der Waals surface area contributed by atoms with Gasteiger partial charge in [0, 0.05) is 12.5 Å². The molecule has 2 atom stereocenters. The van der Waals surface area contributed by atoms with Gasteiger partial charge in [-0.2, -0.15) is 18.2 Å². The zero-order chi connectivity index (χ0) is 14.6. The fraction of sp³-hybridized carbons (Fsp3) is 0.818. The van der Waals surface area contributed by atoms with Crippen molar-refractivity contribution in [2.75, 3.05) is 33.5 Å². The van der Waals surface area contributed by atoms with Gasteiger partial charge < -0.3 is 19.3 Å². The van der Waals surface area contributed by atoms with Crippen molar-refractivity contribution in [3.8, 4) is 0 Å². The lowest BCUT2D eigenvalue weighted by Crippen LogP contribution is -2.31. The molecule has 0 spiro atoms. The van der Waals surface area contributed by atoms with Crippen LogP contribution in [0.1, 0.15) is 17.6 Å². The Morgan fingerprint density at radius 2 is 2.20 bits per heavy atom. The first-order valence-electron chi connectivity index (χ1n) is 6.21. The zero-order valence-corrected chi connectivity index (χ0v) is 10.9. The summed E-state index contributed by atoms with van der Waals surface area (Å²) in [5.41, 5.74) is 0. The van der Waals surface area contributed by atoms with Crippen molar-refractivity contribution in [2.45, 2.75) is 24.6 Å². The Balaban J connectivity index is 1.80. The Hall–Kier alpha value is -1.19. The highest BCUT2D eigenvalue weighted by Crippen LogP contribution is 2.24. The van der Waals surface area contributed by atoms with Crippen LogP contribution < -0.4 is 5.32 Å². The summed E-state index contributed by atoms with van der Waals surface area (Å²) in [5.74, 6) is 0.744. The fourth-order valence-corrected chi connectivity index (χ4v) is 1.95. The summed E-state index contributed by atoms with van der Waals surface area (Å²) in [6, 6.07) is 0.102. The molecule has 6 nitrogen and oxygen atoms in total. The van der Waals surface area contributed by atoms with Gasteiger partial charge in [0.2, 0.25) is 5.89 Å². The lowest BCUT2D eigenvalue weighted by Gasteiger charge is -2.11. The first-order valence-corrected chi connectivity index (χ1v) is 6.21. The number of nitrogens with zero attached hydrogens (tertiary/aromatic N) is 2. The number of rotatable bonds is 6. The maximum Gasteiger partial charge on any atom is 0.411 e. The van der Waals surface area contributed by atoms with Crippen LogP contribution in [-0.2, 0) is 15.9 Å². The van der Waals surface area contributed by atoms with Gasteiger partial charge in [0.05, 0.1) is 25.7 Å². The van der Waals surface area contributed by atoms with Gasteiger partial charge in [-0.1, -0.05) is 5.16 Å². The van der Waals surface area contributed by atoms with Gasteiger partial charge in [0.1, 0.15) is 6.61 Å². The Kier molecular flexibility index (Phi) is 4.95. The number of hydrogen-bond acceptors (Lipinski definition) is 6. The largest absolute Gasteiger partial charge is 0.411 e. The normalized spacial score (nSPS) is 23.4. The Labute approximate surface area is 113 Å². The van der Waals surface area contributed by atoms with E-state index in [1.807, 2.05) is 7.05 Å². The van der Waals surface area contributed by atoms with Gasteiger partial charge in [-0.05, 0) is 7.05 Å². The van der Waals surface area contributed by atoms with Crippen LogP contribution in [0.5, 0.6) is 0 Å². The van der Waals surface area contributed by atoms with Crippen LogP contribution in [0.15, 0.2) is 4.52 Å². The quantitative estimate of drug-likeness (QED) is 0.786. The Morgan fingerprint density at radius 1 is 1.40 bits per heavy atom. The van der Waals surface area contributed by atoms with Gasteiger partial charge >= 0.3 is 6.18 Å². The number of nitrogens with one attached hydrogen (secondary N) is 1. The van der Waals surface area contributed by atoms with E-state index < -0.39 is 12.8 Å². The van der Waals surface area contributed by atoms with E-state index in [0.717, 1.165) is 0 Å². The molecule has 2 rings (SSSR count). The minimum absolute atomic E-state index is 0.0302. The number of aromatic nitrogens is 2. The third-order valence-corrected chi connectivity index (χ3v) is 2.99. The summed E-state index contributed by atoms with van der Waals surface area (Å²) in [5, 5.41) is 6.82. The minimum Gasteiger partial charge on any atom is -0.379 e. The summed E-state index contributed by atoms with van der Waals surface area (Å²) in [7, 11) is 1.81. The zero-order valence-electron chi connectivity index (χ0n) is 10.9. The lowest BCUT2D eigenvalue weighted by atomic mass is 10.0. The highest BCUT2D eigenvalue weighted by atomic mass is 19.4. The SMILES string of the molecule is CNC1COCC1c1nc(CCOCC(F)(F)F)no1. The monoisotopic (exact) mass is 295 g/mol. The number of alkyl halides is 3. The van der Waals surface area contributed by atoms with Crippen molar-refractivity contribution in [1.29, 1.82) is 0 Å². The highest BCUT2D eigenvalue weighted by Gasteiger charge is 2.33. The summed E-state index contributed by atoms with van der Waals surface area (Å²) in [4.78, 5) is 4.17. The number of likely N-dealkylation sites (N-methyl/N-ethyl adjacent to an activating group) is 1. The molecule has 20 heavy (non-hydrogen) atoms. The van der Waals surface area contributed by atoms with E-state index in [0.29, 0.717) is 24.9 Å². The molecule has 2 heterocycles. The second kappa shape index (κ2) is 6.51. The van der Waals surface area contributed by atoms with Crippen LogP contribution in [0, 0.1) is 0 Å². The van der Waals surface area contributed by atoms with Crippen LogP contribution in [0.2, 0.25) is 0 Å². The van der Waals surface area contributed by atoms with E-state index in [4.69, 9.17) is 9.26 Å². The molecule has 1 aliphatic rings. The lowest BCUT2D eigenvalue weighted by molar-refractivity contribution is -0.173. The molecule has 0 aliphatic carbocycles. The van der Waals surface area contributed by atoms with Crippen molar-refractivity contribution in [1.82, 2.24) is 15.5 Å². The van der Waals surface area contributed by atoms with E-state index in [9.17, 15) is 13.2 Å². The van der Waals surface area contributed by atoms with Crippen LogP contribution in [-0.4, -0.2) is 55.8 Å². The van der Waals surface area contributed by atoms with Gasteiger partial charge in [0.15, 0.2) is 5.82 Å². The molecule has 114 valence electrons. The minimum atomic E-state index is -4.32. The summed E-state index contributed by atoms with van der Waals surface area (Å²) < 4.78 is 50.6. The van der Waals surface area contributed by atoms with Crippen molar-refractivity contribution in [2.24, 2.45) is 0 Å². The summed E-state index contributed by atoms with van der Waals surface area (Å²) >= 11 is 0. The van der Waals surface area contributed by atoms with Gasteiger partial charge in [0.25, 0.3) is 0 Å². The van der Waals surface area contributed by atoms with Crippen LogP contribution >= 0.6 is 0 Å². The Bertz CT molecular complexity index is 425. The fourth-order valence-electron chi connectivity index (χ4n) is 1.95. The summed E-state index contributed by atoms with van der Waals surface area (Å²) in [6.45, 7) is -0.323. The predicted octanol–water partition coefficient (Wildman–Crippen LogP) is 0.893. The first-order chi connectivity index (χ1) is 9.49. The van der Waals surface area contributed by atoms with Crippen molar-refractivity contribution < 1.29 is 27.2 Å². The van der Waals surface area contributed by atoms with Crippen LogP contribution in [0.4, 0.5) is 13.2 Å². The van der Waals surface area contributed by atoms with E-state index in [2.05, 4.69) is 20.2 Å². The molecule has 0 bridgehead atoms.